The number of carbonyl (C=O) groups excluding carboxylic acids is 2. The predicted molar refractivity (Wildman–Crippen MR) is 107 cm³/mol. The minimum absolute atomic E-state index is 0.0332. The van der Waals surface area contributed by atoms with E-state index in [-0.39, 0.29) is 22.6 Å². The van der Waals surface area contributed by atoms with Gasteiger partial charge in [-0.05, 0) is 31.0 Å². The molecular formula is C19H18N4O7. The minimum atomic E-state index is -0.913. The van der Waals surface area contributed by atoms with E-state index in [0.717, 1.165) is 18.9 Å². The number of hydrogen-bond acceptors (Lipinski definition) is 8. The molecule has 156 valence electrons. The monoisotopic (exact) mass is 414 g/mol. The lowest BCUT2D eigenvalue weighted by Crippen LogP contribution is -2.22. The van der Waals surface area contributed by atoms with Crippen molar-refractivity contribution in [3.63, 3.8) is 0 Å². The number of esters is 1. The zero-order valence-electron chi connectivity index (χ0n) is 15.8. The van der Waals surface area contributed by atoms with Crippen molar-refractivity contribution in [2.24, 2.45) is 0 Å². The van der Waals surface area contributed by atoms with Crippen molar-refractivity contribution in [1.82, 2.24) is 0 Å². The van der Waals surface area contributed by atoms with Gasteiger partial charge in [-0.1, -0.05) is 12.1 Å². The molecule has 1 amide bonds. The van der Waals surface area contributed by atoms with Crippen LogP contribution >= 0.6 is 0 Å². The molecule has 2 aromatic carbocycles. The molecule has 0 aromatic heterocycles. The largest absolute Gasteiger partial charge is 0.452 e. The maximum atomic E-state index is 12.2. The number of nitro groups is 2. The van der Waals surface area contributed by atoms with Crippen LogP contribution in [0.3, 0.4) is 0 Å². The molecule has 1 aliphatic heterocycles. The van der Waals surface area contributed by atoms with E-state index >= 15 is 0 Å². The average Bonchev–Trinajstić information content (AvgIpc) is 3.26. The number of ether oxygens (including phenoxy) is 1. The van der Waals surface area contributed by atoms with Gasteiger partial charge < -0.3 is 15.0 Å². The van der Waals surface area contributed by atoms with Crippen molar-refractivity contribution in [3.8, 4) is 0 Å². The van der Waals surface area contributed by atoms with Crippen LogP contribution < -0.4 is 10.2 Å². The molecule has 1 heterocycles. The number of carbonyl (C=O) groups is 2. The van der Waals surface area contributed by atoms with Crippen molar-refractivity contribution in [1.29, 1.82) is 0 Å². The fraction of sp³-hybridized carbons (Fsp3) is 0.263. The van der Waals surface area contributed by atoms with Gasteiger partial charge in [0.15, 0.2) is 6.61 Å². The van der Waals surface area contributed by atoms with E-state index in [1.165, 1.54) is 36.4 Å². The summed E-state index contributed by atoms with van der Waals surface area (Å²) < 4.78 is 4.91. The molecule has 0 spiro atoms. The summed E-state index contributed by atoms with van der Waals surface area (Å²) in [6.07, 6.45) is 1.88. The molecule has 11 heteroatoms. The zero-order valence-corrected chi connectivity index (χ0v) is 15.8. The number of amides is 1. The second kappa shape index (κ2) is 8.99. The van der Waals surface area contributed by atoms with Gasteiger partial charge in [-0.2, -0.15) is 0 Å². The van der Waals surface area contributed by atoms with Crippen molar-refractivity contribution < 1.29 is 24.2 Å². The summed E-state index contributed by atoms with van der Waals surface area (Å²) in [6.45, 7) is 0.708. The molecular weight excluding hydrogens is 396 g/mol. The lowest BCUT2D eigenvalue weighted by atomic mass is 10.1. The highest BCUT2D eigenvalue weighted by Crippen LogP contribution is 2.32. The molecule has 0 unspecified atom stereocenters. The summed E-state index contributed by atoms with van der Waals surface area (Å²) in [5.41, 5.74) is -0.179. The molecule has 0 bridgehead atoms. The highest BCUT2D eigenvalue weighted by molar-refractivity contribution is 5.97. The van der Waals surface area contributed by atoms with Crippen LogP contribution in [0.1, 0.15) is 23.2 Å². The summed E-state index contributed by atoms with van der Waals surface area (Å²) in [5, 5.41) is 24.7. The lowest BCUT2D eigenvalue weighted by Gasteiger charge is -2.17. The quantitative estimate of drug-likeness (QED) is 0.413. The highest BCUT2D eigenvalue weighted by Gasteiger charge is 2.24. The van der Waals surface area contributed by atoms with Crippen LogP contribution in [0.15, 0.2) is 42.5 Å². The van der Waals surface area contributed by atoms with Gasteiger partial charge >= 0.3 is 5.97 Å². The number of benzene rings is 2. The van der Waals surface area contributed by atoms with Crippen LogP contribution in [-0.4, -0.2) is 41.4 Å². The molecule has 2 aromatic rings. The molecule has 11 nitrogen and oxygen atoms in total. The van der Waals surface area contributed by atoms with Gasteiger partial charge in [-0.25, -0.2) is 4.79 Å². The van der Waals surface area contributed by atoms with E-state index in [1.54, 1.807) is 0 Å². The average molecular weight is 414 g/mol. The first kappa shape index (κ1) is 20.7. The van der Waals surface area contributed by atoms with Gasteiger partial charge in [0.25, 0.3) is 17.3 Å². The fourth-order valence-electron chi connectivity index (χ4n) is 3.16. The molecule has 0 atom stereocenters. The number of para-hydroxylation sites is 2. The molecule has 1 fully saturated rings. The first-order valence-corrected chi connectivity index (χ1v) is 9.10. The zero-order chi connectivity index (χ0) is 21.7. The Bertz CT molecular complexity index is 1000. The number of nitro benzene ring substituents is 2. The van der Waals surface area contributed by atoms with E-state index in [1.807, 2.05) is 4.90 Å². The Morgan fingerprint density at radius 2 is 1.67 bits per heavy atom. The van der Waals surface area contributed by atoms with Crippen LogP contribution in [-0.2, 0) is 9.53 Å². The third-order valence-electron chi connectivity index (χ3n) is 4.56. The first-order chi connectivity index (χ1) is 14.4. The van der Waals surface area contributed by atoms with Crippen LogP contribution in [0.25, 0.3) is 0 Å². The fourth-order valence-corrected chi connectivity index (χ4v) is 3.16. The maximum absolute atomic E-state index is 12.2. The Balaban J connectivity index is 1.66. The van der Waals surface area contributed by atoms with E-state index < -0.39 is 28.3 Å². The maximum Gasteiger partial charge on any atom is 0.338 e. The van der Waals surface area contributed by atoms with E-state index in [0.29, 0.717) is 18.8 Å². The van der Waals surface area contributed by atoms with Gasteiger partial charge in [0.2, 0.25) is 0 Å². The van der Waals surface area contributed by atoms with Crippen LogP contribution in [0.5, 0.6) is 0 Å². The second-order valence-corrected chi connectivity index (χ2v) is 6.55. The Morgan fingerprint density at radius 3 is 2.33 bits per heavy atom. The second-order valence-electron chi connectivity index (χ2n) is 6.55. The van der Waals surface area contributed by atoms with Gasteiger partial charge in [-0.3, -0.25) is 25.0 Å². The summed E-state index contributed by atoms with van der Waals surface area (Å²) in [4.78, 5) is 47.3. The molecule has 1 aliphatic rings. The van der Waals surface area contributed by atoms with E-state index in [9.17, 15) is 29.8 Å². The molecule has 3 rings (SSSR count). The summed E-state index contributed by atoms with van der Waals surface area (Å²) in [5.74, 6) is -1.69. The van der Waals surface area contributed by atoms with Gasteiger partial charge in [0.1, 0.15) is 11.4 Å². The van der Waals surface area contributed by atoms with Crippen molar-refractivity contribution in [3.05, 3.63) is 68.3 Å². The molecule has 0 aliphatic carbocycles. The Hall–Kier alpha value is -4.02. The van der Waals surface area contributed by atoms with Crippen molar-refractivity contribution in [2.45, 2.75) is 12.8 Å². The summed E-state index contributed by atoms with van der Waals surface area (Å²) in [7, 11) is 0. The molecule has 1 N–H and O–H groups in total. The minimum Gasteiger partial charge on any atom is -0.452 e. The number of nitrogens with zero attached hydrogens (tertiary/aromatic N) is 3. The lowest BCUT2D eigenvalue weighted by molar-refractivity contribution is -0.384. The smallest absolute Gasteiger partial charge is 0.338 e. The van der Waals surface area contributed by atoms with Crippen molar-refractivity contribution >= 4 is 34.6 Å². The molecule has 0 saturated carbocycles. The summed E-state index contributed by atoms with van der Waals surface area (Å²) in [6, 6.07) is 9.55. The topological polar surface area (TPSA) is 145 Å². The normalized spacial score (nSPS) is 13.0. The highest BCUT2D eigenvalue weighted by atomic mass is 16.6. The van der Waals surface area contributed by atoms with Crippen LogP contribution in [0, 0.1) is 20.2 Å². The molecule has 1 saturated heterocycles. The van der Waals surface area contributed by atoms with Crippen molar-refractivity contribution in [2.75, 3.05) is 29.9 Å². The number of rotatable bonds is 7. The van der Waals surface area contributed by atoms with Gasteiger partial charge in [0.05, 0.1) is 15.4 Å². The summed E-state index contributed by atoms with van der Waals surface area (Å²) >= 11 is 0. The Morgan fingerprint density at radius 1 is 1.00 bits per heavy atom. The molecule has 30 heavy (non-hydrogen) atoms. The first-order valence-electron chi connectivity index (χ1n) is 9.10. The Kier molecular flexibility index (Phi) is 6.20. The third-order valence-corrected chi connectivity index (χ3v) is 4.56. The van der Waals surface area contributed by atoms with Crippen LogP contribution in [0.4, 0.5) is 22.7 Å². The van der Waals surface area contributed by atoms with E-state index in [2.05, 4.69) is 5.32 Å². The van der Waals surface area contributed by atoms with Gasteiger partial charge in [0, 0.05) is 25.2 Å². The van der Waals surface area contributed by atoms with Gasteiger partial charge in [-0.15, -0.1) is 0 Å². The standard InChI is InChI=1S/C19H18N4O7/c24-18(20-14-5-1-2-6-15(14)22(26)27)12-30-19(25)13-7-8-16(17(11-13)23(28)29)21-9-3-4-10-21/h1-2,5-8,11H,3-4,9-10,12H2,(H,20,24). The Labute approximate surface area is 170 Å². The van der Waals surface area contributed by atoms with E-state index in [4.69, 9.17) is 4.74 Å². The number of anilines is 2. The SMILES string of the molecule is O=C(COC(=O)c1ccc(N2CCCC2)c([N+](=O)[O-])c1)Nc1ccccc1[N+](=O)[O-]. The predicted octanol–water partition coefficient (Wildman–Crippen LogP) is 2.90. The third kappa shape index (κ3) is 4.69. The molecule has 0 radical (unpaired) electrons. The number of hydrogen-bond donors (Lipinski definition) is 1. The number of nitrogens with one attached hydrogen (secondary N) is 1. The van der Waals surface area contributed by atoms with Crippen LogP contribution in [0.2, 0.25) is 0 Å².